The number of hydrogen-bond donors (Lipinski definition) is 1. The summed E-state index contributed by atoms with van der Waals surface area (Å²) in [6.45, 7) is 5.66. The molecule has 0 atom stereocenters. The van der Waals surface area contributed by atoms with E-state index in [9.17, 15) is 13.2 Å². The lowest BCUT2D eigenvalue weighted by atomic mass is 9.96. The van der Waals surface area contributed by atoms with Gasteiger partial charge in [-0.25, -0.2) is 4.98 Å². The highest BCUT2D eigenvalue weighted by Gasteiger charge is 2.30. The molecule has 0 saturated heterocycles. The Hall–Kier alpha value is -2.18. The van der Waals surface area contributed by atoms with Gasteiger partial charge < -0.3 is 5.73 Å². The van der Waals surface area contributed by atoms with Gasteiger partial charge in [0.1, 0.15) is 5.82 Å². The third kappa shape index (κ3) is 3.48. The van der Waals surface area contributed by atoms with Crippen LogP contribution in [0.5, 0.6) is 0 Å². The number of hydrogen-bond acceptors (Lipinski definition) is 4. The van der Waals surface area contributed by atoms with Crippen LogP contribution in [0.4, 0.5) is 19.1 Å². The number of nitrogens with two attached hydrogens (primary N) is 1. The summed E-state index contributed by atoms with van der Waals surface area (Å²) in [5.41, 5.74) is 4.75. The summed E-state index contributed by atoms with van der Waals surface area (Å²) in [7, 11) is 0. The van der Waals surface area contributed by atoms with Crippen molar-refractivity contribution >= 4 is 5.95 Å². The first-order chi connectivity index (χ1) is 9.57. The van der Waals surface area contributed by atoms with E-state index in [0.29, 0.717) is 5.82 Å². The van der Waals surface area contributed by atoms with E-state index in [0.717, 1.165) is 12.1 Å². The molecule has 21 heavy (non-hydrogen) atoms. The number of nitrogen functional groups attached to an aromatic ring is 1. The van der Waals surface area contributed by atoms with Crippen LogP contribution >= 0.6 is 0 Å². The van der Waals surface area contributed by atoms with Crippen molar-refractivity contribution in [3.05, 3.63) is 35.7 Å². The second-order valence-corrected chi connectivity index (χ2v) is 5.67. The lowest BCUT2D eigenvalue weighted by molar-refractivity contribution is -0.137. The molecule has 0 amide bonds. The largest absolute Gasteiger partial charge is 0.416 e. The van der Waals surface area contributed by atoms with Crippen LogP contribution in [-0.4, -0.2) is 15.0 Å². The second-order valence-electron chi connectivity index (χ2n) is 5.67. The van der Waals surface area contributed by atoms with Crippen molar-refractivity contribution in [2.75, 3.05) is 5.73 Å². The molecule has 2 aromatic rings. The molecule has 0 radical (unpaired) electrons. The van der Waals surface area contributed by atoms with E-state index >= 15 is 0 Å². The van der Waals surface area contributed by atoms with Crippen LogP contribution in [0.1, 0.15) is 32.2 Å². The molecule has 2 rings (SSSR count). The molecule has 7 heteroatoms. The molecule has 0 aliphatic carbocycles. The van der Waals surface area contributed by atoms with E-state index in [-0.39, 0.29) is 22.8 Å². The molecule has 4 nitrogen and oxygen atoms in total. The summed E-state index contributed by atoms with van der Waals surface area (Å²) < 4.78 is 38.3. The van der Waals surface area contributed by atoms with Crippen molar-refractivity contribution in [1.82, 2.24) is 15.0 Å². The predicted octanol–water partition coefficient (Wildman–Crippen LogP) is 3.44. The minimum atomic E-state index is -4.42. The van der Waals surface area contributed by atoms with Gasteiger partial charge in [0.05, 0.1) is 5.56 Å². The predicted molar refractivity (Wildman–Crippen MR) is 73.4 cm³/mol. The monoisotopic (exact) mass is 296 g/mol. The lowest BCUT2D eigenvalue weighted by Gasteiger charge is -2.17. The smallest absolute Gasteiger partial charge is 0.368 e. The summed E-state index contributed by atoms with van der Waals surface area (Å²) in [6, 6.07) is 4.82. The topological polar surface area (TPSA) is 64.7 Å². The van der Waals surface area contributed by atoms with Gasteiger partial charge in [-0.05, 0) is 12.1 Å². The highest BCUT2D eigenvalue weighted by molar-refractivity contribution is 5.57. The van der Waals surface area contributed by atoms with Gasteiger partial charge in [0, 0.05) is 11.0 Å². The van der Waals surface area contributed by atoms with E-state index < -0.39 is 11.7 Å². The first-order valence-corrected chi connectivity index (χ1v) is 6.27. The van der Waals surface area contributed by atoms with Crippen LogP contribution < -0.4 is 5.73 Å². The maximum atomic E-state index is 12.8. The lowest BCUT2D eigenvalue weighted by Crippen LogP contribution is -2.18. The summed E-state index contributed by atoms with van der Waals surface area (Å²) in [5, 5.41) is 0. The Morgan fingerprint density at radius 2 is 1.67 bits per heavy atom. The third-order valence-corrected chi connectivity index (χ3v) is 2.77. The van der Waals surface area contributed by atoms with Gasteiger partial charge in [-0.15, -0.1) is 0 Å². The highest BCUT2D eigenvalue weighted by atomic mass is 19.4. The zero-order chi connectivity index (χ0) is 15.8. The van der Waals surface area contributed by atoms with Crippen molar-refractivity contribution in [2.24, 2.45) is 0 Å². The molecule has 0 saturated carbocycles. The zero-order valence-corrected chi connectivity index (χ0v) is 11.9. The number of nitrogens with zero attached hydrogens (tertiary/aromatic N) is 3. The van der Waals surface area contributed by atoms with Crippen LogP contribution in [0.15, 0.2) is 24.3 Å². The summed E-state index contributed by atoms with van der Waals surface area (Å²) in [6.07, 6.45) is -4.42. The minimum absolute atomic E-state index is 0.0117. The SMILES string of the molecule is CC(C)(C)c1nc(N)nc(-c2cccc(C(F)(F)F)c2)n1. The van der Waals surface area contributed by atoms with E-state index in [1.807, 2.05) is 20.8 Å². The highest BCUT2D eigenvalue weighted by Crippen LogP contribution is 2.31. The summed E-state index contributed by atoms with van der Waals surface area (Å²) in [5.74, 6) is 0.559. The van der Waals surface area contributed by atoms with Gasteiger partial charge in [0.25, 0.3) is 0 Å². The van der Waals surface area contributed by atoms with E-state index in [4.69, 9.17) is 5.73 Å². The van der Waals surface area contributed by atoms with Crippen LogP contribution in [0.25, 0.3) is 11.4 Å². The van der Waals surface area contributed by atoms with Gasteiger partial charge in [-0.3, -0.25) is 0 Å². The molecular weight excluding hydrogens is 281 g/mol. The molecule has 0 spiro atoms. The van der Waals surface area contributed by atoms with Crippen molar-refractivity contribution in [2.45, 2.75) is 32.4 Å². The second kappa shape index (κ2) is 4.98. The molecular formula is C14H15F3N4. The van der Waals surface area contributed by atoms with Crippen LogP contribution in [0.3, 0.4) is 0 Å². The fourth-order valence-electron chi connectivity index (χ4n) is 1.69. The number of alkyl halides is 3. The Morgan fingerprint density at radius 1 is 1.00 bits per heavy atom. The molecule has 0 bridgehead atoms. The van der Waals surface area contributed by atoms with Crippen molar-refractivity contribution in [3.63, 3.8) is 0 Å². The number of aromatic nitrogens is 3. The molecule has 0 unspecified atom stereocenters. The molecule has 1 aromatic heterocycles. The molecule has 0 aliphatic heterocycles. The standard InChI is InChI=1S/C14H15F3N4/c1-13(2,3)11-19-10(20-12(18)21-11)8-5-4-6-9(7-8)14(15,16)17/h4-7H,1-3H3,(H2,18,19,20,21). The quantitative estimate of drug-likeness (QED) is 0.875. The third-order valence-electron chi connectivity index (χ3n) is 2.77. The van der Waals surface area contributed by atoms with Gasteiger partial charge in [-0.1, -0.05) is 32.9 Å². The van der Waals surface area contributed by atoms with E-state index in [2.05, 4.69) is 15.0 Å². The normalized spacial score (nSPS) is 12.5. The molecule has 1 aromatic carbocycles. The Morgan fingerprint density at radius 3 is 2.24 bits per heavy atom. The summed E-state index contributed by atoms with van der Waals surface area (Å²) in [4.78, 5) is 12.2. The van der Waals surface area contributed by atoms with Gasteiger partial charge in [0.2, 0.25) is 5.95 Å². The fraction of sp³-hybridized carbons (Fsp3) is 0.357. The van der Waals surface area contributed by atoms with Crippen molar-refractivity contribution in [1.29, 1.82) is 0 Å². The van der Waals surface area contributed by atoms with E-state index in [1.54, 1.807) is 0 Å². The molecule has 0 aliphatic rings. The van der Waals surface area contributed by atoms with Gasteiger partial charge in [0.15, 0.2) is 5.82 Å². The van der Waals surface area contributed by atoms with Crippen LogP contribution in [-0.2, 0) is 11.6 Å². The Balaban J connectivity index is 2.55. The number of halogens is 3. The summed E-state index contributed by atoms with van der Waals surface area (Å²) >= 11 is 0. The van der Waals surface area contributed by atoms with Crippen LogP contribution in [0, 0.1) is 0 Å². The number of rotatable bonds is 1. The Kier molecular flexibility index (Phi) is 3.61. The molecule has 2 N–H and O–H groups in total. The van der Waals surface area contributed by atoms with Crippen LogP contribution in [0.2, 0.25) is 0 Å². The number of benzene rings is 1. The minimum Gasteiger partial charge on any atom is -0.368 e. The number of anilines is 1. The van der Waals surface area contributed by atoms with Gasteiger partial charge >= 0.3 is 6.18 Å². The maximum Gasteiger partial charge on any atom is 0.416 e. The first kappa shape index (κ1) is 15.2. The zero-order valence-electron chi connectivity index (χ0n) is 11.9. The Labute approximate surface area is 120 Å². The van der Waals surface area contributed by atoms with E-state index in [1.165, 1.54) is 12.1 Å². The fourth-order valence-corrected chi connectivity index (χ4v) is 1.69. The van der Waals surface area contributed by atoms with Crippen molar-refractivity contribution in [3.8, 4) is 11.4 Å². The first-order valence-electron chi connectivity index (χ1n) is 6.27. The molecule has 1 heterocycles. The maximum absolute atomic E-state index is 12.8. The van der Waals surface area contributed by atoms with Crippen molar-refractivity contribution < 1.29 is 13.2 Å². The Bertz CT molecular complexity index is 660. The average Bonchev–Trinajstić information content (AvgIpc) is 2.36. The van der Waals surface area contributed by atoms with Gasteiger partial charge in [-0.2, -0.15) is 23.1 Å². The molecule has 0 fully saturated rings. The average molecular weight is 296 g/mol. The molecule has 112 valence electrons.